The summed E-state index contributed by atoms with van der Waals surface area (Å²) in [6.45, 7) is 1.85. The quantitative estimate of drug-likeness (QED) is 0.808. The SMILES string of the molecule is CCC(N)c1nc2ccccc2c(=O)n1-c1cc(F)cc(F)c1. The highest BCUT2D eigenvalue weighted by atomic mass is 19.1. The Morgan fingerprint density at radius 3 is 2.48 bits per heavy atom. The summed E-state index contributed by atoms with van der Waals surface area (Å²) < 4.78 is 28.3. The summed E-state index contributed by atoms with van der Waals surface area (Å²) in [4.78, 5) is 17.3. The van der Waals surface area contributed by atoms with Gasteiger partial charge in [0.25, 0.3) is 5.56 Å². The Morgan fingerprint density at radius 2 is 1.83 bits per heavy atom. The van der Waals surface area contributed by atoms with E-state index in [4.69, 9.17) is 5.73 Å². The van der Waals surface area contributed by atoms with Crippen molar-refractivity contribution in [2.24, 2.45) is 5.73 Å². The van der Waals surface area contributed by atoms with Crippen LogP contribution in [0.4, 0.5) is 8.78 Å². The highest BCUT2D eigenvalue weighted by Crippen LogP contribution is 2.20. The molecular weight excluding hydrogens is 300 g/mol. The van der Waals surface area contributed by atoms with Crippen molar-refractivity contribution < 1.29 is 8.78 Å². The predicted molar refractivity (Wildman–Crippen MR) is 84.5 cm³/mol. The number of rotatable bonds is 3. The summed E-state index contributed by atoms with van der Waals surface area (Å²) in [5, 5.41) is 0.365. The molecule has 0 fully saturated rings. The molecule has 0 aliphatic heterocycles. The van der Waals surface area contributed by atoms with Crippen molar-refractivity contribution in [3.8, 4) is 5.69 Å². The molecule has 3 aromatic rings. The van der Waals surface area contributed by atoms with Gasteiger partial charge in [-0.05, 0) is 30.7 Å². The van der Waals surface area contributed by atoms with Gasteiger partial charge >= 0.3 is 0 Å². The highest BCUT2D eigenvalue weighted by molar-refractivity contribution is 5.77. The molecule has 0 bridgehead atoms. The van der Waals surface area contributed by atoms with E-state index in [0.717, 1.165) is 18.2 Å². The molecule has 23 heavy (non-hydrogen) atoms. The van der Waals surface area contributed by atoms with Crippen molar-refractivity contribution in [1.29, 1.82) is 0 Å². The third kappa shape index (κ3) is 2.73. The summed E-state index contributed by atoms with van der Waals surface area (Å²) in [5.74, 6) is -1.26. The van der Waals surface area contributed by atoms with Crippen molar-refractivity contribution >= 4 is 10.9 Å². The lowest BCUT2D eigenvalue weighted by Gasteiger charge is -2.17. The van der Waals surface area contributed by atoms with Crippen molar-refractivity contribution in [2.45, 2.75) is 19.4 Å². The summed E-state index contributed by atoms with van der Waals surface area (Å²) >= 11 is 0. The van der Waals surface area contributed by atoms with Gasteiger partial charge in [-0.3, -0.25) is 9.36 Å². The lowest BCUT2D eigenvalue weighted by atomic mass is 10.1. The number of fused-ring (bicyclic) bond motifs is 1. The maximum absolute atomic E-state index is 13.6. The number of para-hydroxylation sites is 1. The van der Waals surface area contributed by atoms with Crippen molar-refractivity contribution in [2.75, 3.05) is 0 Å². The second-order valence-corrected chi connectivity index (χ2v) is 5.27. The molecular formula is C17H15F2N3O. The van der Waals surface area contributed by atoms with Crippen LogP contribution in [0.5, 0.6) is 0 Å². The topological polar surface area (TPSA) is 60.9 Å². The van der Waals surface area contributed by atoms with Gasteiger partial charge in [0, 0.05) is 6.07 Å². The van der Waals surface area contributed by atoms with E-state index in [2.05, 4.69) is 4.98 Å². The minimum atomic E-state index is -0.768. The third-order valence-electron chi connectivity index (χ3n) is 3.68. The van der Waals surface area contributed by atoms with E-state index in [0.29, 0.717) is 17.3 Å². The molecule has 0 radical (unpaired) electrons. The van der Waals surface area contributed by atoms with Crippen LogP contribution >= 0.6 is 0 Å². The number of benzene rings is 2. The Labute approximate surface area is 131 Å². The zero-order valence-corrected chi connectivity index (χ0v) is 12.5. The zero-order valence-electron chi connectivity index (χ0n) is 12.5. The second kappa shape index (κ2) is 5.89. The van der Waals surface area contributed by atoms with Gasteiger partial charge in [-0.2, -0.15) is 0 Å². The Hall–Kier alpha value is -2.60. The van der Waals surface area contributed by atoms with Crippen LogP contribution in [-0.4, -0.2) is 9.55 Å². The number of halogens is 2. The summed E-state index contributed by atoms with van der Waals surface area (Å²) in [6.07, 6.45) is 0.530. The first-order valence-electron chi connectivity index (χ1n) is 7.25. The second-order valence-electron chi connectivity index (χ2n) is 5.27. The van der Waals surface area contributed by atoms with Crippen LogP contribution in [0.15, 0.2) is 47.3 Å². The fraction of sp³-hybridized carbons (Fsp3) is 0.176. The van der Waals surface area contributed by atoms with Gasteiger partial charge in [-0.15, -0.1) is 0 Å². The van der Waals surface area contributed by atoms with Crippen LogP contribution < -0.4 is 11.3 Å². The monoisotopic (exact) mass is 315 g/mol. The molecule has 3 rings (SSSR count). The molecule has 1 unspecified atom stereocenters. The lowest BCUT2D eigenvalue weighted by Crippen LogP contribution is -2.28. The molecule has 1 heterocycles. The molecule has 2 aromatic carbocycles. The highest BCUT2D eigenvalue weighted by Gasteiger charge is 2.18. The number of nitrogens with two attached hydrogens (primary N) is 1. The molecule has 0 aliphatic carbocycles. The molecule has 0 saturated carbocycles. The van der Waals surface area contributed by atoms with Gasteiger partial charge in [0.2, 0.25) is 0 Å². The van der Waals surface area contributed by atoms with Crippen molar-refractivity contribution in [3.05, 3.63) is 70.3 Å². The summed E-state index contributed by atoms with van der Waals surface area (Å²) in [7, 11) is 0. The molecule has 0 saturated heterocycles. The van der Waals surface area contributed by atoms with Gasteiger partial charge in [0.1, 0.15) is 17.5 Å². The largest absolute Gasteiger partial charge is 0.321 e. The third-order valence-corrected chi connectivity index (χ3v) is 3.68. The molecule has 6 heteroatoms. The van der Waals surface area contributed by atoms with Gasteiger partial charge in [-0.1, -0.05) is 19.1 Å². The zero-order chi connectivity index (χ0) is 16.6. The standard InChI is InChI=1S/C17H15F2N3O/c1-2-14(20)16-21-15-6-4-3-5-13(15)17(23)22(16)12-8-10(18)7-11(19)9-12/h3-9,14H,2,20H2,1H3. The first-order chi connectivity index (χ1) is 11.0. The lowest BCUT2D eigenvalue weighted by molar-refractivity contribution is 0.576. The number of nitrogens with zero attached hydrogens (tertiary/aromatic N) is 2. The van der Waals surface area contributed by atoms with Gasteiger partial charge in [0.15, 0.2) is 0 Å². The van der Waals surface area contributed by atoms with E-state index in [1.165, 1.54) is 4.57 Å². The Kier molecular flexibility index (Phi) is 3.92. The predicted octanol–water partition coefficient (Wildman–Crippen LogP) is 3.07. The molecule has 0 amide bonds. The smallest absolute Gasteiger partial charge is 0.266 e. The first kappa shape index (κ1) is 15.3. The molecule has 4 nitrogen and oxygen atoms in total. The van der Waals surface area contributed by atoms with Crippen LogP contribution in [0.25, 0.3) is 16.6 Å². The maximum atomic E-state index is 13.6. The van der Waals surface area contributed by atoms with E-state index in [1.54, 1.807) is 24.3 Å². The summed E-state index contributed by atoms with van der Waals surface area (Å²) in [6, 6.07) is 9.21. The van der Waals surface area contributed by atoms with Crippen LogP contribution in [0, 0.1) is 11.6 Å². The van der Waals surface area contributed by atoms with Crippen LogP contribution in [-0.2, 0) is 0 Å². The normalized spacial score (nSPS) is 12.5. The molecule has 0 aliphatic rings. The van der Waals surface area contributed by atoms with Gasteiger partial charge in [0.05, 0.1) is 22.6 Å². The fourth-order valence-electron chi connectivity index (χ4n) is 2.50. The number of hydrogen-bond acceptors (Lipinski definition) is 3. The average molecular weight is 315 g/mol. The number of hydrogen-bond donors (Lipinski definition) is 1. The van der Waals surface area contributed by atoms with Crippen LogP contribution in [0.3, 0.4) is 0 Å². The minimum absolute atomic E-state index is 0.0738. The van der Waals surface area contributed by atoms with Crippen LogP contribution in [0.2, 0.25) is 0 Å². The molecule has 0 spiro atoms. The Balaban J connectivity index is 2.41. The van der Waals surface area contributed by atoms with Crippen molar-refractivity contribution in [1.82, 2.24) is 9.55 Å². The first-order valence-corrected chi connectivity index (χ1v) is 7.25. The average Bonchev–Trinajstić information content (AvgIpc) is 2.53. The fourth-order valence-corrected chi connectivity index (χ4v) is 2.50. The van der Waals surface area contributed by atoms with Crippen molar-refractivity contribution in [3.63, 3.8) is 0 Å². The molecule has 2 N–H and O–H groups in total. The van der Waals surface area contributed by atoms with E-state index in [9.17, 15) is 13.6 Å². The molecule has 118 valence electrons. The summed E-state index contributed by atoms with van der Waals surface area (Å²) in [5.41, 5.74) is 6.23. The maximum Gasteiger partial charge on any atom is 0.266 e. The van der Waals surface area contributed by atoms with E-state index >= 15 is 0 Å². The Morgan fingerprint density at radius 1 is 1.17 bits per heavy atom. The minimum Gasteiger partial charge on any atom is -0.321 e. The van der Waals surface area contributed by atoms with Gasteiger partial charge in [-0.25, -0.2) is 13.8 Å². The molecule has 1 atom stereocenters. The van der Waals surface area contributed by atoms with Gasteiger partial charge < -0.3 is 5.73 Å². The van der Waals surface area contributed by atoms with E-state index in [1.807, 2.05) is 6.92 Å². The number of aromatic nitrogens is 2. The van der Waals surface area contributed by atoms with E-state index in [-0.39, 0.29) is 11.5 Å². The van der Waals surface area contributed by atoms with E-state index < -0.39 is 23.2 Å². The Bertz CT molecular complexity index is 917. The molecule has 1 aromatic heterocycles. The van der Waals surface area contributed by atoms with Crippen LogP contribution in [0.1, 0.15) is 25.2 Å².